The summed E-state index contributed by atoms with van der Waals surface area (Å²) in [5, 5.41) is 37.3. The molecule has 0 fully saturated rings. The van der Waals surface area contributed by atoms with E-state index in [-0.39, 0.29) is 45.4 Å². The quantitative estimate of drug-likeness (QED) is 0.334. The molecule has 0 heterocycles. The number of β-amino-alcohol motifs (C(OH)–C–C–N with tert-alkyl or cyclic N) is 1. The van der Waals surface area contributed by atoms with Gasteiger partial charge in [0.1, 0.15) is 0 Å². The lowest BCUT2D eigenvalue weighted by Crippen LogP contribution is -2.55. The molecule has 0 bridgehead atoms. The van der Waals surface area contributed by atoms with Crippen molar-refractivity contribution in [3.63, 3.8) is 0 Å². The number of hydrogen-bond acceptors (Lipinski definition) is 5. The summed E-state index contributed by atoms with van der Waals surface area (Å²) < 4.78 is 0. The van der Waals surface area contributed by atoms with Gasteiger partial charge in [-0.05, 0) is 0 Å². The average Bonchev–Trinajstić information content (AvgIpc) is 2.08. The van der Waals surface area contributed by atoms with E-state index in [1.165, 1.54) is 0 Å². The average molecular weight is 202 g/mol. The molecular weight excluding hydrogens is 186 g/mol. The number of aliphatic hydroxyl groups is 4. The fourth-order valence-corrected chi connectivity index (χ4v) is 0.639. The first-order chi connectivity index (χ1) is 5.24. The van der Waals surface area contributed by atoms with Crippen LogP contribution >= 0.6 is 12.4 Å². The van der Waals surface area contributed by atoms with E-state index in [0.29, 0.717) is 0 Å². The Morgan fingerprint density at radius 3 is 1.58 bits per heavy atom. The van der Waals surface area contributed by atoms with Gasteiger partial charge in [-0.1, -0.05) is 0 Å². The number of halogens is 1. The topological polar surface area (TPSA) is 93.0 Å². The van der Waals surface area contributed by atoms with Crippen LogP contribution in [0.15, 0.2) is 0 Å². The Labute approximate surface area is 77.4 Å². The van der Waals surface area contributed by atoms with Gasteiger partial charge in [-0.2, -0.15) is 0 Å². The predicted molar refractivity (Wildman–Crippen MR) is 46.3 cm³/mol. The summed E-state index contributed by atoms with van der Waals surface area (Å²) in [4.78, 5) is 0. The van der Waals surface area contributed by atoms with Gasteiger partial charge in [0.05, 0.1) is 32.0 Å². The first-order valence-corrected chi connectivity index (χ1v) is 3.43. The fourth-order valence-electron chi connectivity index (χ4n) is 0.639. The fraction of sp³-hybridized carbons (Fsp3) is 1.00. The standard InChI is InChI=1S/C6H15NO4.ClH/c8-2-1-7-6(3-9,4-10)5-11;/h7-11H,1-5H2;1H. The van der Waals surface area contributed by atoms with E-state index >= 15 is 0 Å². The molecular formula is C6H16ClNO4. The van der Waals surface area contributed by atoms with Crippen molar-refractivity contribution in [1.29, 1.82) is 0 Å². The minimum absolute atomic E-state index is 0. The smallest absolute Gasteiger partial charge is 0.0882 e. The van der Waals surface area contributed by atoms with Crippen LogP contribution in [0.1, 0.15) is 0 Å². The van der Waals surface area contributed by atoms with Gasteiger partial charge in [-0.25, -0.2) is 0 Å². The van der Waals surface area contributed by atoms with Crippen LogP contribution in [0, 0.1) is 0 Å². The minimum Gasteiger partial charge on any atom is -0.395 e. The minimum atomic E-state index is -1.07. The molecule has 12 heavy (non-hydrogen) atoms. The van der Waals surface area contributed by atoms with Gasteiger partial charge in [-0.3, -0.25) is 0 Å². The third kappa shape index (κ3) is 4.20. The first kappa shape index (κ1) is 14.6. The van der Waals surface area contributed by atoms with Gasteiger partial charge in [0.2, 0.25) is 0 Å². The van der Waals surface area contributed by atoms with Crippen LogP contribution in [0.5, 0.6) is 0 Å². The van der Waals surface area contributed by atoms with Crippen molar-refractivity contribution >= 4 is 12.4 Å². The SMILES string of the molecule is Cl.OCCNC(CO)(CO)CO. The number of hydrogen-bond donors (Lipinski definition) is 5. The van der Waals surface area contributed by atoms with Crippen molar-refractivity contribution in [3.05, 3.63) is 0 Å². The molecule has 6 heteroatoms. The molecule has 0 aromatic carbocycles. The molecule has 0 aliphatic heterocycles. The van der Waals surface area contributed by atoms with E-state index in [0.717, 1.165) is 0 Å². The van der Waals surface area contributed by atoms with Crippen molar-refractivity contribution in [2.75, 3.05) is 33.0 Å². The van der Waals surface area contributed by atoms with Crippen LogP contribution in [-0.2, 0) is 0 Å². The number of aliphatic hydroxyl groups excluding tert-OH is 4. The van der Waals surface area contributed by atoms with Gasteiger partial charge in [0.15, 0.2) is 0 Å². The molecule has 0 aliphatic rings. The van der Waals surface area contributed by atoms with E-state index in [1.807, 2.05) is 0 Å². The third-order valence-electron chi connectivity index (χ3n) is 1.52. The molecule has 0 amide bonds. The van der Waals surface area contributed by atoms with E-state index in [2.05, 4.69) is 5.32 Å². The molecule has 0 radical (unpaired) electrons. The highest BCUT2D eigenvalue weighted by molar-refractivity contribution is 5.85. The van der Waals surface area contributed by atoms with E-state index in [1.54, 1.807) is 0 Å². The second-order valence-corrected chi connectivity index (χ2v) is 2.41. The zero-order valence-corrected chi connectivity index (χ0v) is 7.55. The maximum atomic E-state index is 8.74. The van der Waals surface area contributed by atoms with Gasteiger partial charge < -0.3 is 25.7 Å². The van der Waals surface area contributed by atoms with Crippen LogP contribution in [-0.4, -0.2) is 58.9 Å². The summed E-state index contributed by atoms with van der Waals surface area (Å²) in [5.74, 6) is 0. The Balaban J connectivity index is 0. The van der Waals surface area contributed by atoms with Crippen molar-refractivity contribution in [1.82, 2.24) is 5.32 Å². The third-order valence-corrected chi connectivity index (χ3v) is 1.52. The molecule has 0 aliphatic carbocycles. The highest BCUT2D eigenvalue weighted by Crippen LogP contribution is 1.99. The molecule has 76 valence electrons. The molecule has 0 saturated carbocycles. The van der Waals surface area contributed by atoms with Gasteiger partial charge in [0, 0.05) is 6.54 Å². The summed E-state index contributed by atoms with van der Waals surface area (Å²) in [6.07, 6.45) is 0. The summed E-state index contributed by atoms with van der Waals surface area (Å²) in [7, 11) is 0. The molecule has 0 aromatic rings. The zero-order chi connectivity index (χ0) is 8.74. The Kier molecular flexibility index (Phi) is 9.40. The monoisotopic (exact) mass is 201 g/mol. The molecule has 0 saturated heterocycles. The van der Waals surface area contributed by atoms with Crippen molar-refractivity contribution in [3.8, 4) is 0 Å². The summed E-state index contributed by atoms with van der Waals surface area (Å²) >= 11 is 0. The molecule has 0 unspecified atom stereocenters. The van der Waals surface area contributed by atoms with Crippen LogP contribution in [0.4, 0.5) is 0 Å². The van der Waals surface area contributed by atoms with Crippen molar-refractivity contribution in [2.24, 2.45) is 0 Å². The molecule has 0 aromatic heterocycles. The molecule has 5 nitrogen and oxygen atoms in total. The predicted octanol–water partition coefficient (Wildman–Crippen LogP) is -2.29. The Morgan fingerprint density at radius 2 is 1.33 bits per heavy atom. The van der Waals surface area contributed by atoms with Gasteiger partial charge >= 0.3 is 0 Å². The lowest BCUT2D eigenvalue weighted by Gasteiger charge is -2.28. The van der Waals surface area contributed by atoms with Gasteiger partial charge in [-0.15, -0.1) is 12.4 Å². The van der Waals surface area contributed by atoms with Crippen molar-refractivity contribution in [2.45, 2.75) is 5.54 Å². The second kappa shape index (κ2) is 7.72. The van der Waals surface area contributed by atoms with Crippen LogP contribution in [0.25, 0.3) is 0 Å². The van der Waals surface area contributed by atoms with Gasteiger partial charge in [0.25, 0.3) is 0 Å². The number of rotatable bonds is 6. The number of nitrogens with one attached hydrogen (secondary N) is 1. The van der Waals surface area contributed by atoms with E-state index < -0.39 is 5.54 Å². The highest BCUT2D eigenvalue weighted by atomic mass is 35.5. The lowest BCUT2D eigenvalue weighted by molar-refractivity contribution is 0.0398. The first-order valence-electron chi connectivity index (χ1n) is 3.43. The van der Waals surface area contributed by atoms with Crippen molar-refractivity contribution < 1.29 is 20.4 Å². The molecule has 0 spiro atoms. The second-order valence-electron chi connectivity index (χ2n) is 2.41. The Bertz CT molecular complexity index is 91.3. The van der Waals surface area contributed by atoms with Crippen LogP contribution < -0.4 is 5.32 Å². The Hall–Kier alpha value is 0.0900. The summed E-state index contributed by atoms with van der Waals surface area (Å²) in [6, 6.07) is 0. The molecule has 0 rings (SSSR count). The largest absolute Gasteiger partial charge is 0.395 e. The van der Waals surface area contributed by atoms with E-state index in [4.69, 9.17) is 20.4 Å². The normalized spacial score (nSPS) is 11.0. The maximum absolute atomic E-state index is 8.74. The lowest BCUT2D eigenvalue weighted by atomic mass is 10.0. The van der Waals surface area contributed by atoms with E-state index in [9.17, 15) is 0 Å². The Morgan fingerprint density at radius 1 is 0.917 bits per heavy atom. The zero-order valence-electron chi connectivity index (χ0n) is 6.73. The molecule has 5 N–H and O–H groups in total. The highest BCUT2D eigenvalue weighted by Gasteiger charge is 2.26. The molecule has 0 atom stereocenters. The maximum Gasteiger partial charge on any atom is 0.0882 e. The van der Waals surface area contributed by atoms with Crippen LogP contribution in [0.2, 0.25) is 0 Å². The summed E-state index contributed by atoms with van der Waals surface area (Å²) in [6.45, 7) is -0.941. The summed E-state index contributed by atoms with van der Waals surface area (Å²) in [5.41, 5.74) is -1.07. The van der Waals surface area contributed by atoms with Crippen LogP contribution in [0.3, 0.4) is 0 Å².